The number of aryl methyl sites for hydroxylation is 1. The Kier molecular flexibility index (Phi) is 7.45. The summed E-state index contributed by atoms with van der Waals surface area (Å²) in [6, 6.07) is 9.22. The molecule has 0 heterocycles. The lowest BCUT2D eigenvalue weighted by molar-refractivity contribution is -0.139. The molecule has 2 N–H and O–H groups in total. The largest absolute Gasteiger partial charge is 0.417 e. The summed E-state index contributed by atoms with van der Waals surface area (Å²) >= 11 is 0. The number of carbonyl (C=O) groups excluding carboxylic acids is 2. The smallest absolute Gasteiger partial charge is 0.335 e. The van der Waals surface area contributed by atoms with Crippen LogP contribution in [-0.4, -0.2) is 44.8 Å². The van der Waals surface area contributed by atoms with Gasteiger partial charge in [-0.15, -0.1) is 0 Å². The molecule has 0 aliphatic heterocycles. The van der Waals surface area contributed by atoms with E-state index in [1.54, 1.807) is 24.3 Å². The number of nitrogens with one attached hydrogen (secondary N) is 2. The van der Waals surface area contributed by atoms with Crippen LogP contribution in [0.4, 0.5) is 18.9 Å². The lowest BCUT2D eigenvalue weighted by atomic mass is 10.2. The third-order valence-corrected chi connectivity index (χ3v) is 5.88. The van der Waals surface area contributed by atoms with Gasteiger partial charge < -0.3 is 10.2 Å². The summed E-state index contributed by atoms with van der Waals surface area (Å²) in [5.74, 6) is -1.30. The van der Waals surface area contributed by atoms with Crippen LogP contribution in [0, 0.1) is 6.92 Å². The average molecular weight is 457 g/mol. The number of benzene rings is 2. The summed E-state index contributed by atoms with van der Waals surface area (Å²) in [5.41, 5.74) is 0.181. The minimum absolute atomic E-state index is 0.377. The standard InChI is InChI=1S/C20H22F3N3O4S/c1-13-8-10-15(11-9-13)24-18(27)12-26(3)19(28)14(2)25-31(29,30)17-7-5-4-6-16(17)20(21,22)23/h4-11,14,25H,12H2,1-3H3,(H,24,27)/t14-/m0/s1. The van der Waals surface area contributed by atoms with Crippen LogP contribution < -0.4 is 10.0 Å². The Morgan fingerprint density at radius 1 is 1.06 bits per heavy atom. The number of halogens is 3. The van der Waals surface area contributed by atoms with Gasteiger partial charge in [0.05, 0.1) is 23.0 Å². The molecule has 1 atom stereocenters. The number of nitrogens with zero attached hydrogens (tertiary/aromatic N) is 1. The van der Waals surface area contributed by atoms with E-state index < -0.39 is 44.5 Å². The molecule has 7 nitrogen and oxygen atoms in total. The Morgan fingerprint density at radius 2 is 1.65 bits per heavy atom. The van der Waals surface area contributed by atoms with Gasteiger partial charge in [0, 0.05) is 12.7 Å². The fraction of sp³-hybridized carbons (Fsp3) is 0.300. The van der Waals surface area contributed by atoms with Crippen molar-refractivity contribution in [3.63, 3.8) is 0 Å². The molecule has 0 unspecified atom stereocenters. The molecule has 2 rings (SSSR count). The van der Waals surface area contributed by atoms with Gasteiger partial charge in [-0.2, -0.15) is 17.9 Å². The molecular weight excluding hydrogens is 435 g/mol. The van der Waals surface area contributed by atoms with E-state index in [1.165, 1.54) is 14.0 Å². The van der Waals surface area contributed by atoms with Crippen molar-refractivity contribution in [3.05, 3.63) is 59.7 Å². The van der Waals surface area contributed by atoms with Gasteiger partial charge in [-0.3, -0.25) is 9.59 Å². The third kappa shape index (κ3) is 6.53. The molecule has 11 heteroatoms. The monoisotopic (exact) mass is 457 g/mol. The van der Waals surface area contributed by atoms with E-state index in [9.17, 15) is 31.2 Å². The Balaban J connectivity index is 2.05. The van der Waals surface area contributed by atoms with Gasteiger partial charge in [-0.25, -0.2) is 8.42 Å². The van der Waals surface area contributed by atoms with E-state index in [2.05, 4.69) is 5.32 Å². The Bertz CT molecular complexity index is 1050. The van der Waals surface area contributed by atoms with E-state index in [0.717, 1.165) is 28.7 Å². The van der Waals surface area contributed by atoms with E-state index in [0.29, 0.717) is 11.8 Å². The van der Waals surface area contributed by atoms with Gasteiger partial charge in [-0.1, -0.05) is 29.8 Å². The van der Waals surface area contributed by atoms with Crippen LogP contribution in [0.3, 0.4) is 0 Å². The summed E-state index contributed by atoms with van der Waals surface area (Å²) in [5, 5.41) is 2.60. The number of hydrogen-bond acceptors (Lipinski definition) is 4. The maximum atomic E-state index is 13.1. The molecule has 2 aromatic carbocycles. The maximum absolute atomic E-state index is 13.1. The second kappa shape index (κ2) is 9.48. The quantitative estimate of drug-likeness (QED) is 0.669. The number of hydrogen-bond donors (Lipinski definition) is 2. The number of likely N-dealkylation sites (N-methyl/N-ethyl adjacent to an activating group) is 1. The highest BCUT2D eigenvalue weighted by Gasteiger charge is 2.37. The topological polar surface area (TPSA) is 95.6 Å². The Morgan fingerprint density at radius 3 is 2.23 bits per heavy atom. The normalized spacial score (nSPS) is 12.8. The molecule has 0 aromatic heterocycles. The van der Waals surface area contributed by atoms with Crippen molar-refractivity contribution < 1.29 is 31.2 Å². The van der Waals surface area contributed by atoms with Gasteiger partial charge >= 0.3 is 6.18 Å². The summed E-state index contributed by atoms with van der Waals surface area (Å²) in [6.45, 7) is 2.69. The minimum Gasteiger partial charge on any atom is -0.335 e. The second-order valence-corrected chi connectivity index (χ2v) is 8.63. The lowest BCUT2D eigenvalue weighted by Gasteiger charge is -2.22. The van der Waals surface area contributed by atoms with Gasteiger partial charge in [0.15, 0.2) is 0 Å². The average Bonchev–Trinajstić information content (AvgIpc) is 2.68. The molecule has 0 aliphatic rings. The van der Waals surface area contributed by atoms with Crippen LogP contribution in [0.5, 0.6) is 0 Å². The van der Waals surface area contributed by atoms with Crippen LogP contribution in [0.2, 0.25) is 0 Å². The number of alkyl halides is 3. The number of rotatable bonds is 7. The molecule has 2 aromatic rings. The van der Waals surface area contributed by atoms with Crippen LogP contribution in [0.15, 0.2) is 53.4 Å². The number of anilines is 1. The molecular formula is C20H22F3N3O4S. The van der Waals surface area contributed by atoms with Crippen LogP contribution >= 0.6 is 0 Å². The fourth-order valence-corrected chi connectivity index (χ4v) is 4.17. The molecule has 0 fully saturated rings. The molecule has 2 amide bonds. The summed E-state index contributed by atoms with van der Waals surface area (Å²) in [7, 11) is -3.37. The van der Waals surface area contributed by atoms with Crippen molar-refractivity contribution in [1.29, 1.82) is 0 Å². The summed E-state index contributed by atoms with van der Waals surface area (Å²) in [6.07, 6.45) is -4.89. The molecule has 0 radical (unpaired) electrons. The predicted octanol–water partition coefficient (Wildman–Crippen LogP) is 2.78. The van der Waals surface area contributed by atoms with Crippen molar-refractivity contribution >= 4 is 27.5 Å². The van der Waals surface area contributed by atoms with E-state index in [-0.39, 0.29) is 6.54 Å². The predicted molar refractivity (Wildman–Crippen MR) is 109 cm³/mol. The van der Waals surface area contributed by atoms with Crippen molar-refractivity contribution in [2.24, 2.45) is 0 Å². The van der Waals surface area contributed by atoms with Gasteiger partial charge in [-0.05, 0) is 38.1 Å². The Hall–Kier alpha value is -2.92. The molecule has 31 heavy (non-hydrogen) atoms. The molecule has 0 saturated carbocycles. The molecule has 0 bridgehead atoms. The van der Waals surface area contributed by atoms with Crippen LogP contribution in [0.25, 0.3) is 0 Å². The first-order chi connectivity index (χ1) is 14.3. The van der Waals surface area contributed by atoms with Crippen molar-refractivity contribution in [3.8, 4) is 0 Å². The van der Waals surface area contributed by atoms with Crippen LogP contribution in [0.1, 0.15) is 18.1 Å². The van der Waals surface area contributed by atoms with E-state index >= 15 is 0 Å². The number of carbonyl (C=O) groups is 2. The van der Waals surface area contributed by atoms with Gasteiger partial charge in [0.25, 0.3) is 0 Å². The van der Waals surface area contributed by atoms with Crippen molar-refractivity contribution in [2.75, 3.05) is 18.9 Å². The number of sulfonamides is 1. The highest BCUT2D eigenvalue weighted by atomic mass is 32.2. The third-order valence-electron chi connectivity index (χ3n) is 4.28. The maximum Gasteiger partial charge on any atom is 0.417 e. The first kappa shape index (κ1) is 24.4. The van der Waals surface area contributed by atoms with Crippen molar-refractivity contribution in [2.45, 2.75) is 31.0 Å². The van der Waals surface area contributed by atoms with Crippen molar-refractivity contribution in [1.82, 2.24) is 9.62 Å². The highest BCUT2D eigenvalue weighted by molar-refractivity contribution is 7.89. The molecule has 168 valence electrons. The SMILES string of the molecule is Cc1ccc(NC(=O)CN(C)C(=O)[C@H](C)NS(=O)(=O)c2ccccc2C(F)(F)F)cc1. The zero-order chi connectivity index (χ0) is 23.4. The van der Waals surface area contributed by atoms with E-state index in [1.807, 2.05) is 11.6 Å². The number of amides is 2. The fourth-order valence-electron chi connectivity index (χ4n) is 2.74. The van der Waals surface area contributed by atoms with Gasteiger partial charge in [0.2, 0.25) is 21.8 Å². The minimum atomic E-state index is -4.89. The molecule has 0 saturated heterocycles. The second-order valence-electron chi connectivity index (χ2n) is 6.95. The first-order valence-corrected chi connectivity index (χ1v) is 10.6. The Labute approximate surface area is 178 Å². The van der Waals surface area contributed by atoms with Gasteiger partial charge in [0.1, 0.15) is 0 Å². The molecule has 0 spiro atoms. The van der Waals surface area contributed by atoms with E-state index in [4.69, 9.17) is 0 Å². The summed E-state index contributed by atoms with van der Waals surface area (Å²) < 4.78 is 66.3. The highest BCUT2D eigenvalue weighted by Crippen LogP contribution is 2.33. The molecule has 0 aliphatic carbocycles. The first-order valence-electron chi connectivity index (χ1n) is 9.11. The zero-order valence-electron chi connectivity index (χ0n) is 17.0. The zero-order valence-corrected chi connectivity index (χ0v) is 17.8. The summed E-state index contributed by atoms with van der Waals surface area (Å²) in [4.78, 5) is 24.6. The lowest BCUT2D eigenvalue weighted by Crippen LogP contribution is -2.47. The van der Waals surface area contributed by atoms with Crippen LogP contribution in [-0.2, 0) is 25.8 Å².